The number of amides is 1. The minimum absolute atomic E-state index is 0.172. The average Bonchev–Trinajstić information content (AvgIpc) is 2.99. The van der Waals surface area contributed by atoms with E-state index in [1.807, 2.05) is 56.3 Å². The maximum Gasteiger partial charge on any atom is 0.265 e. The van der Waals surface area contributed by atoms with Crippen molar-refractivity contribution in [2.24, 2.45) is 0 Å². The lowest BCUT2D eigenvalue weighted by Gasteiger charge is -2.17. The van der Waals surface area contributed by atoms with Gasteiger partial charge in [0.1, 0.15) is 11.6 Å². The highest BCUT2D eigenvalue weighted by Gasteiger charge is 2.19. The Kier molecular flexibility index (Phi) is 5.84. The lowest BCUT2D eigenvalue weighted by molar-refractivity contribution is -0.122. The Morgan fingerprint density at radius 1 is 1.07 bits per heavy atom. The van der Waals surface area contributed by atoms with Crippen LogP contribution in [-0.4, -0.2) is 26.8 Å². The summed E-state index contributed by atoms with van der Waals surface area (Å²) in [5.74, 6) is 2.39. The molecule has 2 heterocycles. The number of nitrogens with one attached hydrogen (secondary N) is 1. The Hall–Kier alpha value is -3.15. The van der Waals surface area contributed by atoms with Crippen molar-refractivity contribution < 1.29 is 9.53 Å². The van der Waals surface area contributed by atoms with E-state index in [-0.39, 0.29) is 5.91 Å². The van der Waals surface area contributed by atoms with E-state index < -0.39 is 6.10 Å². The third kappa shape index (κ3) is 4.22. The molecule has 6 heteroatoms. The lowest BCUT2D eigenvalue weighted by Crippen LogP contribution is -2.30. The van der Waals surface area contributed by atoms with Gasteiger partial charge < -0.3 is 14.6 Å². The molecule has 6 nitrogen and oxygen atoms in total. The zero-order valence-corrected chi connectivity index (χ0v) is 17.8. The third-order valence-corrected chi connectivity index (χ3v) is 5.61. The van der Waals surface area contributed by atoms with Crippen LogP contribution < -0.4 is 10.1 Å². The monoisotopic (exact) mass is 404 g/mol. The Morgan fingerprint density at radius 2 is 1.83 bits per heavy atom. The van der Waals surface area contributed by atoms with Crippen molar-refractivity contribution >= 4 is 11.6 Å². The van der Waals surface area contributed by atoms with Crippen LogP contribution in [0.4, 0.5) is 5.69 Å². The van der Waals surface area contributed by atoms with Crippen LogP contribution in [0.1, 0.15) is 43.1 Å². The fraction of sp³-hybridized carbons (Fsp3) is 0.375. The lowest BCUT2D eigenvalue weighted by atomic mass is 10.1. The van der Waals surface area contributed by atoms with Gasteiger partial charge in [-0.3, -0.25) is 4.79 Å². The molecule has 1 N–H and O–H groups in total. The summed E-state index contributed by atoms with van der Waals surface area (Å²) < 4.78 is 8.18. The predicted octanol–water partition coefficient (Wildman–Crippen LogP) is 4.69. The third-order valence-electron chi connectivity index (χ3n) is 5.61. The Balaban J connectivity index is 1.49. The van der Waals surface area contributed by atoms with E-state index in [1.54, 1.807) is 6.92 Å². The van der Waals surface area contributed by atoms with Gasteiger partial charge in [-0.1, -0.05) is 36.8 Å². The summed E-state index contributed by atoms with van der Waals surface area (Å²) in [4.78, 5) is 12.7. The highest BCUT2D eigenvalue weighted by molar-refractivity contribution is 5.95. The molecule has 0 radical (unpaired) electrons. The molecule has 0 bridgehead atoms. The van der Waals surface area contributed by atoms with Crippen LogP contribution in [0.5, 0.6) is 5.75 Å². The number of anilines is 1. The van der Waals surface area contributed by atoms with Crippen LogP contribution in [0, 0.1) is 13.8 Å². The summed E-state index contributed by atoms with van der Waals surface area (Å²) in [6, 6.07) is 13.7. The topological polar surface area (TPSA) is 69.0 Å². The summed E-state index contributed by atoms with van der Waals surface area (Å²) in [7, 11) is 0. The first kappa shape index (κ1) is 20.1. The Morgan fingerprint density at radius 3 is 2.63 bits per heavy atom. The summed E-state index contributed by atoms with van der Waals surface area (Å²) in [6.07, 6.45) is 3.87. The summed E-state index contributed by atoms with van der Waals surface area (Å²) >= 11 is 0. The molecule has 30 heavy (non-hydrogen) atoms. The van der Waals surface area contributed by atoms with Crippen molar-refractivity contribution in [1.29, 1.82) is 0 Å². The molecule has 2 aromatic carbocycles. The zero-order valence-electron chi connectivity index (χ0n) is 17.8. The first-order chi connectivity index (χ1) is 14.5. The Bertz CT molecular complexity index is 1040. The van der Waals surface area contributed by atoms with E-state index in [9.17, 15) is 4.79 Å². The van der Waals surface area contributed by atoms with Gasteiger partial charge in [0.2, 0.25) is 0 Å². The molecular formula is C24H28N4O2. The minimum atomic E-state index is -0.630. The number of aryl methyl sites for hydroxylation is 3. The van der Waals surface area contributed by atoms with E-state index in [2.05, 4.69) is 20.1 Å². The highest BCUT2D eigenvalue weighted by atomic mass is 16.5. The molecular weight excluding hydrogens is 376 g/mol. The van der Waals surface area contributed by atoms with Crippen molar-refractivity contribution in [3.05, 3.63) is 59.4 Å². The van der Waals surface area contributed by atoms with E-state index in [1.165, 1.54) is 6.42 Å². The smallest absolute Gasteiger partial charge is 0.265 e. The number of hydrogen-bond donors (Lipinski definition) is 1. The second-order valence-electron chi connectivity index (χ2n) is 7.95. The van der Waals surface area contributed by atoms with Gasteiger partial charge in [0.15, 0.2) is 11.9 Å². The molecule has 1 atom stereocenters. The molecule has 0 saturated carbocycles. The van der Waals surface area contributed by atoms with Crippen LogP contribution in [0.3, 0.4) is 0 Å². The maximum absolute atomic E-state index is 12.7. The number of carbonyl (C=O) groups is 1. The van der Waals surface area contributed by atoms with E-state index in [4.69, 9.17) is 4.74 Å². The fourth-order valence-electron chi connectivity index (χ4n) is 3.90. The molecule has 1 aliphatic heterocycles. The largest absolute Gasteiger partial charge is 0.481 e. The molecule has 156 valence electrons. The molecule has 0 fully saturated rings. The van der Waals surface area contributed by atoms with Crippen molar-refractivity contribution in [3.8, 4) is 17.1 Å². The molecule has 1 aromatic heterocycles. The van der Waals surface area contributed by atoms with Crippen LogP contribution >= 0.6 is 0 Å². The number of fused-ring (bicyclic) bond motifs is 1. The molecule has 0 spiro atoms. The summed E-state index contributed by atoms with van der Waals surface area (Å²) in [6.45, 7) is 6.67. The van der Waals surface area contributed by atoms with Gasteiger partial charge in [-0.05, 0) is 56.9 Å². The number of hydrogen-bond acceptors (Lipinski definition) is 4. The number of ether oxygens (including phenoxy) is 1. The summed E-state index contributed by atoms with van der Waals surface area (Å²) in [5.41, 5.74) is 3.86. The number of nitrogens with zero attached hydrogens (tertiary/aromatic N) is 3. The second kappa shape index (κ2) is 8.69. The molecule has 4 rings (SSSR count). The normalized spacial score (nSPS) is 14.5. The van der Waals surface area contributed by atoms with Gasteiger partial charge in [-0.15, -0.1) is 10.2 Å². The van der Waals surface area contributed by atoms with Gasteiger partial charge in [-0.2, -0.15) is 0 Å². The first-order valence-electron chi connectivity index (χ1n) is 10.6. The van der Waals surface area contributed by atoms with Crippen molar-refractivity contribution in [2.75, 3.05) is 5.32 Å². The molecule has 1 amide bonds. The number of rotatable bonds is 5. The highest BCUT2D eigenvalue weighted by Crippen LogP contribution is 2.26. The number of para-hydroxylation sites is 1. The van der Waals surface area contributed by atoms with Gasteiger partial charge in [0.05, 0.1) is 0 Å². The molecule has 1 aliphatic rings. The van der Waals surface area contributed by atoms with Crippen molar-refractivity contribution in [3.63, 3.8) is 0 Å². The van der Waals surface area contributed by atoms with E-state index in [0.29, 0.717) is 5.75 Å². The van der Waals surface area contributed by atoms with Gasteiger partial charge >= 0.3 is 0 Å². The van der Waals surface area contributed by atoms with Crippen LogP contribution in [0.15, 0.2) is 42.5 Å². The number of benzene rings is 2. The van der Waals surface area contributed by atoms with Gasteiger partial charge in [0.25, 0.3) is 5.91 Å². The summed E-state index contributed by atoms with van der Waals surface area (Å²) in [5, 5.41) is 11.8. The number of aromatic nitrogens is 3. The van der Waals surface area contributed by atoms with E-state index in [0.717, 1.165) is 59.8 Å². The Labute approximate surface area is 177 Å². The molecule has 1 unspecified atom stereocenters. The van der Waals surface area contributed by atoms with Crippen molar-refractivity contribution in [1.82, 2.24) is 14.8 Å². The zero-order chi connectivity index (χ0) is 21.1. The van der Waals surface area contributed by atoms with Crippen LogP contribution in [0.2, 0.25) is 0 Å². The van der Waals surface area contributed by atoms with Crippen LogP contribution in [-0.2, 0) is 17.8 Å². The maximum atomic E-state index is 12.7. The van der Waals surface area contributed by atoms with E-state index >= 15 is 0 Å². The average molecular weight is 405 g/mol. The molecule has 3 aromatic rings. The van der Waals surface area contributed by atoms with Crippen molar-refractivity contribution in [2.45, 2.75) is 59.1 Å². The SMILES string of the molecule is Cc1cccc(C)c1NC(=O)C(C)Oc1cccc(-c2nnc3n2CCCCC3)c1. The standard InChI is InChI=1S/C24H28N4O2/c1-16-9-7-10-17(2)22(16)25-24(29)18(3)30-20-12-8-11-19(15-20)23-27-26-21-13-5-4-6-14-28(21)23/h7-12,15,18H,4-6,13-14H2,1-3H3,(H,25,29). The predicted molar refractivity (Wildman–Crippen MR) is 118 cm³/mol. The van der Waals surface area contributed by atoms with Gasteiger partial charge in [-0.25, -0.2) is 0 Å². The quantitative estimate of drug-likeness (QED) is 0.670. The second-order valence-corrected chi connectivity index (χ2v) is 7.95. The fourth-order valence-corrected chi connectivity index (χ4v) is 3.90. The minimum Gasteiger partial charge on any atom is -0.481 e. The molecule has 0 saturated heterocycles. The van der Waals surface area contributed by atoms with Gasteiger partial charge in [0, 0.05) is 24.2 Å². The first-order valence-corrected chi connectivity index (χ1v) is 10.6. The number of carbonyl (C=O) groups excluding carboxylic acids is 1. The molecule has 0 aliphatic carbocycles. The van der Waals surface area contributed by atoms with Crippen LogP contribution in [0.25, 0.3) is 11.4 Å².